The van der Waals surface area contributed by atoms with Gasteiger partial charge in [0.1, 0.15) is 17.9 Å². The van der Waals surface area contributed by atoms with Crippen LogP contribution < -0.4 is 4.74 Å². The summed E-state index contributed by atoms with van der Waals surface area (Å²) in [5, 5.41) is 0.898. The molecule has 4 nitrogen and oxygen atoms in total. The van der Waals surface area contributed by atoms with Gasteiger partial charge in [-0.05, 0) is 24.6 Å². The Morgan fingerprint density at radius 2 is 1.96 bits per heavy atom. The third-order valence-corrected chi connectivity index (χ3v) is 3.85. The Morgan fingerprint density at radius 3 is 2.70 bits per heavy atom. The zero-order valence-corrected chi connectivity index (χ0v) is 13.1. The van der Waals surface area contributed by atoms with Crippen molar-refractivity contribution in [2.24, 2.45) is 0 Å². The highest BCUT2D eigenvalue weighted by Crippen LogP contribution is 2.31. The van der Waals surface area contributed by atoms with Gasteiger partial charge in [0.2, 0.25) is 0 Å². The summed E-state index contributed by atoms with van der Waals surface area (Å²) in [5.74, 6) is 0.0856. The van der Waals surface area contributed by atoms with Crippen molar-refractivity contribution in [2.45, 2.75) is 19.4 Å². The van der Waals surface area contributed by atoms with Crippen LogP contribution in [0.1, 0.15) is 24.0 Å². The number of carbonyl (C=O) groups is 1. The molecule has 0 fully saturated rings. The van der Waals surface area contributed by atoms with E-state index in [4.69, 9.17) is 13.9 Å². The van der Waals surface area contributed by atoms with Gasteiger partial charge in [0, 0.05) is 17.0 Å². The van der Waals surface area contributed by atoms with Crippen molar-refractivity contribution in [3.8, 4) is 5.75 Å². The van der Waals surface area contributed by atoms with Crippen molar-refractivity contribution in [1.29, 1.82) is 0 Å². The van der Waals surface area contributed by atoms with Crippen molar-refractivity contribution in [2.75, 3.05) is 7.11 Å². The lowest BCUT2D eigenvalue weighted by Crippen LogP contribution is -2.10. The van der Waals surface area contributed by atoms with Crippen LogP contribution in [0, 0.1) is 0 Å². The van der Waals surface area contributed by atoms with Crippen LogP contribution in [0.25, 0.3) is 11.0 Å². The maximum atomic E-state index is 11.7. The van der Waals surface area contributed by atoms with Crippen LogP contribution in [0.3, 0.4) is 0 Å². The minimum atomic E-state index is -0.364. The van der Waals surface area contributed by atoms with Gasteiger partial charge in [-0.25, -0.2) is 0 Å². The standard InChI is InChI=1S/C19H18O4/c1-13(19(20)21-2)17-12-23-18-10-15(8-9-16(17)18)22-11-14-6-4-3-5-7-14/h3-10,12-13H,11H2,1-2H3. The lowest BCUT2D eigenvalue weighted by Gasteiger charge is -2.08. The van der Waals surface area contributed by atoms with Crippen molar-refractivity contribution < 1.29 is 18.7 Å². The highest BCUT2D eigenvalue weighted by atomic mass is 16.5. The van der Waals surface area contributed by atoms with E-state index in [9.17, 15) is 4.79 Å². The smallest absolute Gasteiger partial charge is 0.312 e. The van der Waals surface area contributed by atoms with Gasteiger partial charge in [-0.2, -0.15) is 0 Å². The lowest BCUT2D eigenvalue weighted by atomic mass is 10.0. The first-order chi connectivity index (χ1) is 11.2. The van der Waals surface area contributed by atoms with E-state index >= 15 is 0 Å². The third kappa shape index (κ3) is 3.21. The Balaban J connectivity index is 1.79. The van der Waals surface area contributed by atoms with Crippen LogP contribution in [-0.4, -0.2) is 13.1 Å². The highest BCUT2D eigenvalue weighted by Gasteiger charge is 2.20. The number of hydrogen-bond acceptors (Lipinski definition) is 4. The molecule has 1 unspecified atom stereocenters. The fraction of sp³-hybridized carbons (Fsp3) is 0.211. The Bertz CT molecular complexity index is 805. The van der Waals surface area contributed by atoms with Gasteiger partial charge in [0.15, 0.2) is 0 Å². The summed E-state index contributed by atoms with van der Waals surface area (Å²) in [6, 6.07) is 15.6. The molecule has 118 valence electrons. The second-order valence-electron chi connectivity index (χ2n) is 5.37. The number of fused-ring (bicyclic) bond motifs is 1. The molecule has 0 bridgehead atoms. The van der Waals surface area contributed by atoms with Crippen molar-refractivity contribution in [3.05, 3.63) is 65.9 Å². The molecule has 0 saturated heterocycles. The number of esters is 1. The number of rotatable bonds is 5. The van der Waals surface area contributed by atoms with Crippen LogP contribution in [0.4, 0.5) is 0 Å². The molecule has 1 aromatic heterocycles. The van der Waals surface area contributed by atoms with E-state index in [-0.39, 0.29) is 11.9 Å². The second kappa shape index (κ2) is 6.57. The molecule has 2 aromatic carbocycles. The maximum absolute atomic E-state index is 11.7. The van der Waals surface area contributed by atoms with Crippen LogP contribution in [-0.2, 0) is 16.1 Å². The molecular formula is C19H18O4. The van der Waals surface area contributed by atoms with E-state index < -0.39 is 0 Å². The summed E-state index contributed by atoms with van der Waals surface area (Å²) >= 11 is 0. The quantitative estimate of drug-likeness (QED) is 0.660. The summed E-state index contributed by atoms with van der Waals surface area (Å²) in [4.78, 5) is 11.7. The van der Waals surface area contributed by atoms with Gasteiger partial charge < -0.3 is 13.9 Å². The summed E-state index contributed by atoms with van der Waals surface area (Å²) in [6.45, 7) is 2.30. The van der Waals surface area contributed by atoms with Crippen molar-refractivity contribution in [1.82, 2.24) is 0 Å². The highest BCUT2D eigenvalue weighted by molar-refractivity contribution is 5.89. The van der Waals surface area contributed by atoms with E-state index in [0.717, 1.165) is 22.3 Å². The van der Waals surface area contributed by atoms with E-state index in [1.54, 1.807) is 13.2 Å². The molecule has 1 heterocycles. The lowest BCUT2D eigenvalue weighted by molar-refractivity contribution is -0.141. The minimum Gasteiger partial charge on any atom is -0.489 e. The summed E-state index contributed by atoms with van der Waals surface area (Å²) in [5.41, 5.74) is 2.62. The molecule has 0 aliphatic rings. The topological polar surface area (TPSA) is 48.7 Å². The van der Waals surface area contributed by atoms with Gasteiger partial charge in [-0.3, -0.25) is 4.79 Å². The van der Waals surface area contributed by atoms with Crippen LogP contribution in [0.2, 0.25) is 0 Å². The molecule has 0 aliphatic heterocycles. The first kappa shape index (κ1) is 15.2. The minimum absolute atomic E-state index is 0.280. The number of ether oxygens (including phenoxy) is 2. The van der Waals surface area contributed by atoms with Crippen LogP contribution in [0.15, 0.2) is 59.2 Å². The fourth-order valence-corrected chi connectivity index (χ4v) is 2.50. The molecule has 0 spiro atoms. The second-order valence-corrected chi connectivity index (χ2v) is 5.37. The number of methoxy groups -OCH3 is 1. The monoisotopic (exact) mass is 310 g/mol. The molecule has 0 radical (unpaired) electrons. The molecular weight excluding hydrogens is 292 g/mol. The van der Waals surface area contributed by atoms with Gasteiger partial charge in [0.25, 0.3) is 0 Å². The Hall–Kier alpha value is -2.75. The first-order valence-corrected chi connectivity index (χ1v) is 7.44. The zero-order chi connectivity index (χ0) is 16.2. The summed E-state index contributed by atoms with van der Waals surface area (Å²) in [6.07, 6.45) is 1.60. The molecule has 1 atom stereocenters. The van der Waals surface area contributed by atoms with Crippen LogP contribution >= 0.6 is 0 Å². The SMILES string of the molecule is COC(=O)C(C)c1coc2cc(OCc3ccccc3)ccc12. The molecule has 0 aliphatic carbocycles. The summed E-state index contributed by atoms with van der Waals surface area (Å²) in [7, 11) is 1.39. The zero-order valence-electron chi connectivity index (χ0n) is 13.1. The Kier molecular flexibility index (Phi) is 4.33. The predicted molar refractivity (Wildman–Crippen MR) is 87.4 cm³/mol. The van der Waals surface area contributed by atoms with Gasteiger partial charge in [-0.1, -0.05) is 30.3 Å². The molecule has 0 amide bonds. The first-order valence-electron chi connectivity index (χ1n) is 7.44. The molecule has 4 heteroatoms. The van der Waals surface area contributed by atoms with E-state index in [2.05, 4.69) is 0 Å². The number of benzene rings is 2. The normalized spacial score (nSPS) is 12.1. The number of furan rings is 1. The van der Waals surface area contributed by atoms with E-state index in [1.807, 2.05) is 48.5 Å². The number of carbonyl (C=O) groups excluding carboxylic acids is 1. The predicted octanol–water partition coefficient (Wildman–Crippen LogP) is 4.29. The largest absolute Gasteiger partial charge is 0.489 e. The third-order valence-electron chi connectivity index (χ3n) is 3.85. The van der Waals surface area contributed by atoms with Gasteiger partial charge in [0.05, 0.1) is 19.3 Å². The van der Waals surface area contributed by atoms with Gasteiger partial charge in [-0.15, -0.1) is 0 Å². The summed E-state index contributed by atoms with van der Waals surface area (Å²) < 4.78 is 16.1. The molecule has 0 saturated carbocycles. The average Bonchev–Trinajstić information content (AvgIpc) is 3.02. The Labute approximate surface area is 134 Å². The van der Waals surface area contributed by atoms with E-state index in [1.165, 1.54) is 7.11 Å². The molecule has 3 aromatic rings. The fourth-order valence-electron chi connectivity index (χ4n) is 2.50. The van der Waals surface area contributed by atoms with Crippen molar-refractivity contribution in [3.63, 3.8) is 0 Å². The van der Waals surface area contributed by atoms with Gasteiger partial charge >= 0.3 is 5.97 Å². The molecule has 23 heavy (non-hydrogen) atoms. The average molecular weight is 310 g/mol. The maximum Gasteiger partial charge on any atom is 0.312 e. The molecule has 3 rings (SSSR count). The van der Waals surface area contributed by atoms with Crippen molar-refractivity contribution >= 4 is 16.9 Å². The van der Waals surface area contributed by atoms with Crippen LogP contribution in [0.5, 0.6) is 5.75 Å². The Morgan fingerprint density at radius 1 is 1.17 bits per heavy atom. The van der Waals surface area contributed by atoms with E-state index in [0.29, 0.717) is 12.2 Å². The number of hydrogen-bond donors (Lipinski definition) is 0. The molecule has 0 N–H and O–H groups in total.